The Kier molecular flexibility index (Phi) is 3.87. The van der Waals surface area contributed by atoms with Crippen molar-refractivity contribution in [3.63, 3.8) is 0 Å². The van der Waals surface area contributed by atoms with Crippen LogP contribution in [0.5, 0.6) is 0 Å². The Morgan fingerprint density at radius 2 is 1.83 bits per heavy atom. The standard InChI is InChI=1S/C15H15ClFN/c1-10-6-3-4-7-12(10)11(2)18-14-9-5-8-13(16)15(14)17/h3-9,11,18H,1-2H3. The van der Waals surface area contributed by atoms with Gasteiger partial charge in [0.1, 0.15) is 0 Å². The van der Waals surface area contributed by atoms with Crippen molar-refractivity contribution in [2.45, 2.75) is 19.9 Å². The second-order valence-electron chi connectivity index (χ2n) is 4.32. The van der Waals surface area contributed by atoms with Crippen LogP contribution in [-0.2, 0) is 0 Å². The summed E-state index contributed by atoms with van der Waals surface area (Å²) in [6, 6.07) is 13.0. The zero-order valence-electron chi connectivity index (χ0n) is 10.4. The Balaban J connectivity index is 2.24. The van der Waals surface area contributed by atoms with E-state index >= 15 is 0 Å². The van der Waals surface area contributed by atoms with Crippen molar-refractivity contribution in [3.05, 3.63) is 64.4 Å². The minimum Gasteiger partial charge on any atom is -0.376 e. The molecule has 0 radical (unpaired) electrons. The van der Waals surface area contributed by atoms with E-state index in [1.165, 1.54) is 5.56 Å². The fourth-order valence-corrected chi connectivity index (χ4v) is 2.17. The van der Waals surface area contributed by atoms with Gasteiger partial charge in [-0.25, -0.2) is 4.39 Å². The number of benzene rings is 2. The van der Waals surface area contributed by atoms with Crippen LogP contribution in [0.15, 0.2) is 42.5 Å². The van der Waals surface area contributed by atoms with E-state index in [0.29, 0.717) is 5.69 Å². The van der Waals surface area contributed by atoms with Gasteiger partial charge in [0, 0.05) is 6.04 Å². The van der Waals surface area contributed by atoms with Crippen molar-refractivity contribution in [2.24, 2.45) is 0 Å². The number of halogens is 2. The maximum Gasteiger partial charge on any atom is 0.164 e. The molecule has 18 heavy (non-hydrogen) atoms. The molecule has 0 saturated heterocycles. The summed E-state index contributed by atoms with van der Waals surface area (Å²) in [7, 11) is 0. The Morgan fingerprint density at radius 3 is 2.56 bits per heavy atom. The summed E-state index contributed by atoms with van der Waals surface area (Å²) in [5.74, 6) is -0.403. The first-order valence-corrected chi connectivity index (χ1v) is 6.23. The van der Waals surface area contributed by atoms with E-state index in [9.17, 15) is 4.39 Å². The Labute approximate surface area is 112 Å². The monoisotopic (exact) mass is 263 g/mol. The molecular weight excluding hydrogens is 249 g/mol. The molecule has 1 atom stereocenters. The van der Waals surface area contributed by atoms with E-state index in [1.54, 1.807) is 18.2 Å². The van der Waals surface area contributed by atoms with Gasteiger partial charge in [-0.15, -0.1) is 0 Å². The molecule has 0 aliphatic heterocycles. The molecule has 0 heterocycles. The van der Waals surface area contributed by atoms with Gasteiger partial charge in [-0.2, -0.15) is 0 Å². The second kappa shape index (κ2) is 5.40. The number of hydrogen-bond acceptors (Lipinski definition) is 1. The van der Waals surface area contributed by atoms with Gasteiger partial charge in [-0.05, 0) is 37.1 Å². The molecule has 3 heteroatoms. The topological polar surface area (TPSA) is 12.0 Å². The average Bonchev–Trinajstić information content (AvgIpc) is 2.35. The van der Waals surface area contributed by atoms with E-state index < -0.39 is 5.82 Å². The summed E-state index contributed by atoms with van der Waals surface area (Å²) < 4.78 is 13.8. The van der Waals surface area contributed by atoms with Crippen molar-refractivity contribution in [1.29, 1.82) is 0 Å². The number of anilines is 1. The van der Waals surface area contributed by atoms with Gasteiger partial charge in [0.15, 0.2) is 5.82 Å². The largest absolute Gasteiger partial charge is 0.376 e. The number of rotatable bonds is 3. The van der Waals surface area contributed by atoms with Crippen molar-refractivity contribution in [1.82, 2.24) is 0 Å². The third-order valence-electron chi connectivity index (χ3n) is 2.98. The summed E-state index contributed by atoms with van der Waals surface area (Å²) in [5.41, 5.74) is 2.76. The van der Waals surface area contributed by atoms with E-state index in [1.807, 2.05) is 38.1 Å². The highest BCUT2D eigenvalue weighted by molar-refractivity contribution is 6.31. The van der Waals surface area contributed by atoms with Crippen molar-refractivity contribution in [3.8, 4) is 0 Å². The highest BCUT2D eigenvalue weighted by atomic mass is 35.5. The van der Waals surface area contributed by atoms with Crippen LogP contribution in [0.4, 0.5) is 10.1 Å². The second-order valence-corrected chi connectivity index (χ2v) is 4.73. The maximum atomic E-state index is 13.8. The molecule has 0 bridgehead atoms. The Morgan fingerprint density at radius 1 is 1.11 bits per heavy atom. The first-order valence-electron chi connectivity index (χ1n) is 5.85. The number of hydrogen-bond donors (Lipinski definition) is 1. The zero-order chi connectivity index (χ0) is 13.1. The van der Waals surface area contributed by atoms with Gasteiger partial charge in [0.2, 0.25) is 0 Å². The van der Waals surface area contributed by atoms with E-state index in [4.69, 9.17) is 11.6 Å². The third-order valence-corrected chi connectivity index (χ3v) is 3.27. The van der Waals surface area contributed by atoms with Crippen molar-refractivity contribution < 1.29 is 4.39 Å². The fourth-order valence-electron chi connectivity index (χ4n) is 2.00. The third kappa shape index (κ3) is 2.65. The lowest BCUT2D eigenvalue weighted by Gasteiger charge is -2.18. The Bertz CT molecular complexity index is 554. The van der Waals surface area contributed by atoms with Crippen LogP contribution >= 0.6 is 11.6 Å². The molecule has 2 rings (SSSR count). The molecular formula is C15H15ClFN. The minimum atomic E-state index is -0.403. The maximum absolute atomic E-state index is 13.8. The highest BCUT2D eigenvalue weighted by Crippen LogP contribution is 2.27. The molecule has 0 aromatic heterocycles. The molecule has 1 N–H and O–H groups in total. The summed E-state index contributed by atoms with van der Waals surface area (Å²) in [6.07, 6.45) is 0. The smallest absolute Gasteiger partial charge is 0.164 e. The summed E-state index contributed by atoms with van der Waals surface area (Å²) in [5, 5.41) is 3.28. The highest BCUT2D eigenvalue weighted by Gasteiger charge is 2.11. The predicted molar refractivity (Wildman–Crippen MR) is 74.6 cm³/mol. The predicted octanol–water partition coefficient (Wildman–Crippen LogP) is 4.96. The van der Waals surface area contributed by atoms with Crippen molar-refractivity contribution in [2.75, 3.05) is 5.32 Å². The van der Waals surface area contributed by atoms with Crippen LogP contribution in [0.25, 0.3) is 0 Å². The van der Waals surface area contributed by atoms with Crippen LogP contribution < -0.4 is 5.32 Å². The molecule has 0 amide bonds. The molecule has 0 aliphatic rings. The van der Waals surface area contributed by atoms with Crippen LogP contribution in [0.3, 0.4) is 0 Å². The normalized spacial score (nSPS) is 12.2. The van der Waals surface area contributed by atoms with Crippen LogP contribution in [-0.4, -0.2) is 0 Å². The number of nitrogens with one attached hydrogen (secondary N) is 1. The lowest BCUT2D eigenvalue weighted by molar-refractivity contribution is 0.628. The average molecular weight is 264 g/mol. The van der Waals surface area contributed by atoms with E-state index in [0.717, 1.165) is 5.56 Å². The van der Waals surface area contributed by atoms with Gasteiger partial charge in [-0.3, -0.25) is 0 Å². The van der Waals surface area contributed by atoms with E-state index in [2.05, 4.69) is 5.32 Å². The van der Waals surface area contributed by atoms with Gasteiger partial charge in [0.05, 0.1) is 10.7 Å². The molecule has 1 nitrogen and oxygen atoms in total. The molecule has 0 fully saturated rings. The molecule has 0 aliphatic carbocycles. The summed E-state index contributed by atoms with van der Waals surface area (Å²) in [6.45, 7) is 4.05. The van der Waals surface area contributed by atoms with Crippen LogP contribution in [0.2, 0.25) is 5.02 Å². The minimum absolute atomic E-state index is 0.0270. The first kappa shape index (κ1) is 12.9. The van der Waals surface area contributed by atoms with Crippen LogP contribution in [0.1, 0.15) is 24.1 Å². The van der Waals surface area contributed by atoms with E-state index in [-0.39, 0.29) is 11.1 Å². The molecule has 0 saturated carbocycles. The zero-order valence-corrected chi connectivity index (χ0v) is 11.1. The lowest BCUT2D eigenvalue weighted by Crippen LogP contribution is -2.09. The summed E-state index contributed by atoms with van der Waals surface area (Å²) in [4.78, 5) is 0. The Hall–Kier alpha value is -1.54. The van der Waals surface area contributed by atoms with Crippen LogP contribution in [0, 0.1) is 12.7 Å². The summed E-state index contributed by atoms with van der Waals surface area (Å²) >= 11 is 5.76. The number of aryl methyl sites for hydroxylation is 1. The van der Waals surface area contributed by atoms with Gasteiger partial charge in [-0.1, -0.05) is 41.9 Å². The molecule has 2 aromatic carbocycles. The molecule has 94 valence electrons. The molecule has 0 spiro atoms. The first-order chi connectivity index (χ1) is 8.59. The SMILES string of the molecule is Cc1ccccc1C(C)Nc1cccc(Cl)c1F. The molecule has 2 aromatic rings. The van der Waals surface area contributed by atoms with Gasteiger partial charge < -0.3 is 5.32 Å². The molecule has 1 unspecified atom stereocenters. The van der Waals surface area contributed by atoms with Crippen molar-refractivity contribution >= 4 is 17.3 Å². The van der Waals surface area contributed by atoms with Gasteiger partial charge >= 0.3 is 0 Å². The fraction of sp³-hybridized carbons (Fsp3) is 0.200. The van der Waals surface area contributed by atoms with Gasteiger partial charge in [0.25, 0.3) is 0 Å². The lowest BCUT2D eigenvalue weighted by atomic mass is 10.0. The quantitative estimate of drug-likeness (QED) is 0.825.